The minimum Gasteiger partial charge on any atom is -0.341 e. The average Bonchev–Trinajstić information content (AvgIpc) is 2.85. The van der Waals surface area contributed by atoms with Crippen LogP contribution in [0.2, 0.25) is 0 Å². The first-order chi connectivity index (χ1) is 9.08. The first-order valence-electron chi connectivity index (χ1n) is 8.48. The zero-order valence-electron chi connectivity index (χ0n) is 14.0. The maximum absolute atomic E-state index is 6.62. The molecule has 3 aliphatic carbocycles. The van der Waals surface area contributed by atoms with E-state index in [1.807, 2.05) is 0 Å². The van der Waals surface area contributed by atoms with Crippen LogP contribution in [0, 0.1) is 22.7 Å². The predicted molar refractivity (Wildman–Crippen MR) is 79.3 cm³/mol. The molecule has 4 rings (SSSR count). The summed E-state index contributed by atoms with van der Waals surface area (Å²) in [5, 5.41) is 0. The Kier molecular flexibility index (Phi) is 2.24. The van der Waals surface area contributed by atoms with Gasteiger partial charge in [0.05, 0.1) is 0 Å². The quantitative estimate of drug-likeness (QED) is 0.648. The first kappa shape index (κ1) is 13.6. The third-order valence-corrected chi connectivity index (χ3v) is 8.21. The van der Waals surface area contributed by atoms with Crippen LogP contribution in [0.3, 0.4) is 0 Å². The average molecular weight is 278 g/mol. The number of ether oxygens (including phenoxy) is 2. The van der Waals surface area contributed by atoms with Crippen LogP contribution in [0.15, 0.2) is 0 Å². The van der Waals surface area contributed by atoms with Gasteiger partial charge in [-0.05, 0) is 70.6 Å². The van der Waals surface area contributed by atoms with Crippen molar-refractivity contribution in [1.82, 2.24) is 0 Å². The topological polar surface area (TPSA) is 18.5 Å². The van der Waals surface area contributed by atoms with Crippen molar-refractivity contribution in [2.45, 2.75) is 90.6 Å². The van der Waals surface area contributed by atoms with Crippen molar-refractivity contribution >= 4 is 0 Å². The molecule has 4 fully saturated rings. The van der Waals surface area contributed by atoms with Crippen molar-refractivity contribution in [1.29, 1.82) is 0 Å². The summed E-state index contributed by atoms with van der Waals surface area (Å²) in [7, 11) is 0. The van der Waals surface area contributed by atoms with Gasteiger partial charge in [-0.2, -0.15) is 0 Å². The van der Waals surface area contributed by atoms with Crippen LogP contribution in [0.25, 0.3) is 0 Å². The van der Waals surface area contributed by atoms with Crippen LogP contribution >= 0.6 is 0 Å². The fourth-order valence-electron chi connectivity index (χ4n) is 7.04. The molecule has 1 spiro atoms. The van der Waals surface area contributed by atoms with E-state index in [-0.39, 0.29) is 16.6 Å². The van der Waals surface area contributed by atoms with Gasteiger partial charge < -0.3 is 9.47 Å². The largest absolute Gasteiger partial charge is 0.341 e. The number of hydrogen-bond donors (Lipinski definition) is 0. The van der Waals surface area contributed by atoms with Crippen LogP contribution in [-0.2, 0) is 9.47 Å². The summed E-state index contributed by atoms with van der Waals surface area (Å²) >= 11 is 0. The molecule has 0 aromatic heterocycles. The predicted octanol–water partition coefficient (Wildman–Crippen LogP) is 4.52. The Balaban J connectivity index is 1.91. The second-order valence-corrected chi connectivity index (χ2v) is 9.25. The van der Waals surface area contributed by atoms with E-state index in [2.05, 4.69) is 41.5 Å². The molecule has 0 aromatic rings. The molecule has 5 atom stereocenters. The summed E-state index contributed by atoms with van der Waals surface area (Å²) in [6, 6.07) is 0. The van der Waals surface area contributed by atoms with Crippen molar-refractivity contribution < 1.29 is 9.47 Å². The molecule has 0 N–H and O–H groups in total. The van der Waals surface area contributed by atoms with E-state index < -0.39 is 5.79 Å². The van der Waals surface area contributed by atoms with Gasteiger partial charge >= 0.3 is 0 Å². The highest BCUT2D eigenvalue weighted by atomic mass is 16.8. The lowest BCUT2D eigenvalue weighted by Crippen LogP contribution is -2.67. The Morgan fingerprint density at radius 1 is 0.900 bits per heavy atom. The molecular weight excluding hydrogens is 248 g/mol. The fourth-order valence-corrected chi connectivity index (χ4v) is 7.04. The van der Waals surface area contributed by atoms with E-state index >= 15 is 0 Å². The maximum Gasteiger partial charge on any atom is 0.164 e. The van der Waals surface area contributed by atoms with E-state index in [0.717, 1.165) is 5.92 Å². The lowest BCUT2D eigenvalue weighted by molar-refractivity contribution is -0.216. The molecule has 3 saturated carbocycles. The van der Waals surface area contributed by atoms with Gasteiger partial charge in [-0.3, -0.25) is 0 Å². The second kappa shape index (κ2) is 3.30. The monoisotopic (exact) mass is 278 g/mol. The lowest BCUT2D eigenvalue weighted by Gasteiger charge is -2.61. The van der Waals surface area contributed by atoms with Gasteiger partial charge in [-0.1, -0.05) is 20.3 Å². The van der Waals surface area contributed by atoms with Crippen molar-refractivity contribution in [2.75, 3.05) is 0 Å². The third kappa shape index (κ3) is 1.15. The standard InChI is InChI=1S/C18H30O2/c1-14(2)17(6)16(5,19-15(3,4)20-17)13-10-12-8-7-9-18(12,14)11-13/h12-13H,7-11H2,1-6H3. The Bertz CT molecular complexity index is 468. The maximum atomic E-state index is 6.62. The highest BCUT2D eigenvalue weighted by Gasteiger charge is 2.79. The highest BCUT2D eigenvalue weighted by Crippen LogP contribution is 2.77. The van der Waals surface area contributed by atoms with E-state index in [1.54, 1.807) is 0 Å². The van der Waals surface area contributed by atoms with Crippen LogP contribution < -0.4 is 0 Å². The van der Waals surface area contributed by atoms with Gasteiger partial charge in [0.1, 0.15) is 11.2 Å². The summed E-state index contributed by atoms with van der Waals surface area (Å²) in [5.41, 5.74) is 0.369. The number of rotatable bonds is 0. The van der Waals surface area contributed by atoms with Gasteiger partial charge in [0, 0.05) is 5.41 Å². The molecule has 2 bridgehead atoms. The Hall–Kier alpha value is -0.0800. The van der Waals surface area contributed by atoms with Crippen LogP contribution in [-0.4, -0.2) is 17.0 Å². The van der Waals surface area contributed by atoms with E-state index in [9.17, 15) is 0 Å². The molecule has 0 amide bonds. The van der Waals surface area contributed by atoms with E-state index in [1.165, 1.54) is 32.1 Å². The van der Waals surface area contributed by atoms with Gasteiger partial charge in [0.15, 0.2) is 5.79 Å². The van der Waals surface area contributed by atoms with Gasteiger partial charge in [0.25, 0.3) is 0 Å². The SMILES string of the molecule is CC1(C)OC2(C)C3CC4CCCC4(C3)C(C)(C)C2(C)O1. The van der Waals surface area contributed by atoms with Crippen LogP contribution in [0.5, 0.6) is 0 Å². The molecule has 1 heterocycles. The molecule has 114 valence electrons. The smallest absolute Gasteiger partial charge is 0.164 e. The fraction of sp³-hybridized carbons (Fsp3) is 1.00. The van der Waals surface area contributed by atoms with Crippen molar-refractivity contribution in [3.63, 3.8) is 0 Å². The van der Waals surface area contributed by atoms with Crippen LogP contribution in [0.1, 0.15) is 73.6 Å². The Morgan fingerprint density at radius 3 is 2.30 bits per heavy atom. The van der Waals surface area contributed by atoms with Gasteiger partial charge in [-0.15, -0.1) is 0 Å². The molecule has 2 nitrogen and oxygen atoms in total. The summed E-state index contributed by atoms with van der Waals surface area (Å²) < 4.78 is 13.2. The molecule has 20 heavy (non-hydrogen) atoms. The zero-order valence-corrected chi connectivity index (χ0v) is 14.0. The molecular formula is C18H30O2. The highest BCUT2D eigenvalue weighted by molar-refractivity contribution is 5.26. The second-order valence-electron chi connectivity index (χ2n) is 9.25. The first-order valence-corrected chi connectivity index (χ1v) is 8.48. The molecule has 1 aliphatic heterocycles. The van der Waals surface area contributed by atoms with Crippen molar-refractivity contribution in [2.24, 2.45) is 22.7 Å². The van der Waals surface area contributed by atoms with Crippen molar-refractivity contribution in [3.05, 3.63) is 0 Å². The molecule has 5 unspecified atom stereocenters. The summed E-state index contributed by atoms with van der Waals surface area (Å²) in [4.78, 5) is 0. The van der Waals surface area contributed by atoms with Gasteiger partial charge in [-0.25, -0.2) is 0 Å². The van der Waals surface area contributed by atoms with E-state index in [0.29, 0.717) is 11.3 Å². The molecule has 4 aliphatic rings. The summed E-state index contributed by atoms with van der Waals surface area (Å²) in [6.07, 6.45) is 6.95. The molecule has 0 radical (unpaired) electrons. The van der Waals surface area contributed by atoms with E-state index in [4.69, 9.17) is 9.47 Å². The number of fused-ring (bicyclic) bond motifs is 3. The van der Waals surface area contributed by atoms with Crippen LogP contribution in [0.4, 0.5) is 0 Å². The zero-order chi connectivity index (χ0) is 14.6. The normalized spacial score (nSPS) is 58.5. The van der Waals surface area contributed by atoms with Gasteiger partial charge in [0.2, 0.25) is 0 Å². The molecule has 1 saturated heterocycles. The third-order valence-electron chi connectivity index (χ3n) is 8.21. The summed E-state index contributed by atoms with van der Waals surface area (Å²) in [6.45, 7) is 13.8. The molecule has 0 aromatic carbocycles. The summed E-state index contributed by atoms with van der Waals surface area (Å²) in [5.74, 6) is 1.13. The molecule has 2 heteroatoms. The van der Waals surface area contributed by atoms with Crippen molar-refractivity contribution in [3.8, 4) is 0 Å². The Morgan fingerprint density at radius 2 is 1.60 bits per heavy atom. The lowest BCUT2D eigenvalue weighted by atomic mass is 9.47. The minimum atomic E-state index is -0.448. The Labute approximate surface area is 123 Å². The minimum absolute atomic E-state index is 0.129. The number of hydrogen-bond acceptors (Lipinski definition) is 2.